The van der Waals surface area contributed by atoms with Gasteiger partial charge in [-0.25, -0.2) is 0 Å². The van der Waals surface area contributed by atoms with E-state index in [-0.39, 0.29) is 0 Å². The normalized spacial score (nSPS) is 18.1. The maximum atomic E-state index is 11.5. The van der Waals surface area contributed by atoms with Gasteiger partial charge in [-0.05, 0) is 35.7 Å². The van der Waals surface area contributed by atoms with Gasteiger partial charge in [-0.3, -0.25) is 0 Å². The number of nitrogens with zero attached hydrogens (tertiary/aromatic N) is 1. The van der Waals surface area contributed by atoms with Crippen molar-refractivity contribution in [3.8, 4) is 22.4 Å². The zero-order valence-electron chi connectivity index (χ0n) is 23.5. The van der Waals surface area contributed by atoms with Crippen molar-refractivity contribution in [1.82, 2.24) is 4.57 Å². The molecule has 0 bridgehead atoms. The summed E-state index contributed by atoms with van der Waals surface area (Å²) in [5.41, 5.74) is 8.71. The highest BCUT2D eigenvalue weighted by Gasteiger charge is 2.27. The predicted molar refractivity (Wildman–Crippen MR) is 165 cm³/mol. The predicted octanol–water partition coefficient (Wildman–Crippen LogP) is 3.67. The van der Waals surface area contributed by atoms with E-state index >= 15 is 0 Å². The van der Waals surface area contributed by atoms with Gasteiger partial charge in [0.2, 0.25) is 0 Å². The van der Waals surface area contributed by atoms with Crippen LogP contribution in [0, 0.1) is 6.92 Å². The van der Waals surface area contributed by atoms with Crippen LogP contribution in [0.2, 0.25) is 0 Å². The Bertz CT molecular complexity index is 1520. The quantitative estimate of drug-likeness (QED) is 0.267. The Morgan fingerprint density at radius 3 is 2.00 bits per heavy atom. The van der Waals surface area contributed by atoms with Crippen LogP contribution in [0.3, 0.4) is 0 Å². The highest BCUT2D eigenvalue weighted by Crippen LogP contribution is 2.41. The van der Waals surface area contributed by atoms with E-state index in [1.165, 1.54) is 68.9 Å². The molecule has 204 valence electrons. The summed E-state index contributed by atoms with van der Waals surface area (Å²) in [5.74, 6) is 0. The van der Waals surface area contributed by atoms with Gasteiger partial charge in [0.05, 0.1) is 18.8 Å². The molecule has 0 radical (unpaired) electrons. The number of rotatable bonds is 9. The molecular formula is C36H41N3O+2. The summed E-state index contributed by atoms with van der Waals surface area (Å²) in [5, 5.41) is 12.7. The molecule has 0 amide bonds. The molecule has 0 unspecified atom stereocenters. The van der Waals surface area contributed by atoms with E-state index in [1.54, 1.807) is 4.90 Å². The number of piperazine rings is 1. The van der Waals surface area contributed by atoms with E-state index < -0.39 is 6.10 Å². The third kappa shape index (κ3) is 5.90. The molecule has 1 atom stereocenters. The number of quaternary nitrogens is 2. The summed E-state index contributed by atoms with van der Waals surface area (Å²) in [6.45, 7) is 9.31. The molecular weight excluding hydrogens is 490 g/mol. The van der Waals surface area contributed by atoms with E-state index in [0.29, 0.717) is 6.54 Å². The van der Waals surface area contributed by atoms with Gasteiger partial charge in [-0.15, -0.1) is 0 Å². The SMILES string of the molecule is Cc1ccc2c(c1)c(-c1ccccc1)c(-c1ccccc1)n2C[C@H](O)C[NH+]1CC[NH+](CCc2ccccc2)CC1. The van der Waals surface area contributed by atoms with Gasteiger partial charge in [0.25, 0.3) is 0 Å². The Hall–Kier alpha value is -3.70. The largest absolute Gasteiger partial charge is 0.385 e. The van der Waals surface area contributed by atoms with Crippen molar-refractivity contribution in [2.45, 2.75) is 26.0 Å². The van der Waals surface area contributed by atoms with Gasteiger partial charge >= 0.3 is 0 Å². The second-order valence-electron chi connectivity index (χ2n) is 11.4. The molecule has 0 spiro atoms. The Balaban J connectivity index is 1.22. The zero-order chi connectivity index (χ0) is 27.3. The van der Waals surface area contributed by atoms with Crippen LogP contribution in [-0.4, -0.2) is 55.0 Å². The highest BCUT2D eigenvalue weighted by atomic mass is 16.3. The maximum Gasteiger partial charge on any atom is 0.127 e. The third-order valence-corrected chi connectivity index (χ3v) is 8.52. The monoisotopic (exact) mass is 531 g/mol. The molecule has 1 aliphatic rings. The summed E-state index contributed by atoms with van der Waals surface area (Å²) in [6, 6.07) is 38.9. The smallest absolute Gasteiger partial charge is 0.127 e. The Labute approximate surface area is 238 Å². The highest BCUT2D eigenvalue weighted by molar-refractivity contribution is 6.04. The minimum atomic E-state index is -0.413. The topological polar surface area (TPSA) is 34.0 Å². The summed E-state index contributed by atoms with van der Waals surface area (Å²) in [7, 11) is 0. The average molecular weight is 532 g/mol. The average Bonchev–Trinajstić information content (AvgIpc) is 3.31. The Morgan fingerprint density at radius 2 is 1.32 bits per heavy atom. The summed E-state index contributed by atoms with van der Waals surface area (Å²) < 4.78 is 2.37. The van der Waals surface area contributed by atoms with Crippen molar-refractivity contribution in [2.75, 3.05) is 39.3 Å². The summed E-state index contributed by atoms with van der Waals surface area (Å²) in [4.78, 5) is 3.21. The second kappa shape index (κ2) is 12.2. The number of hydrogen-bond acceptors (Lipinski definition) is 1. The van der Waals surface area contributed by atoms with Crippen LogP contribution in [0.1, 0.15) is 11.1 Å². The second-order valence-corrected chi connectivity index (χ2v) is 11.4. The molecule has 0 saturated carbocycles. The number of benzene rings is 4. The van der Waals surface area contributed by atoms with E-state index in [9.17, 15) is 5.11 Å². The van der Waals surface area contributed by atoms with Crippen molar-refractivity contribution in [2.24, 2.45) is 0 Å². The number of fused-ring (bicyclic) bond motifs is 1. The lowest BCUT2D eigenvalue weighted by molar-refractivity contribution is -1.01. The molecule has 40 heavy (non-hydrogen) atoms. The Morgan fingerprint density at radius 1 is 0.725 bits per heavy atom. The minimum absolute atomic E-state index is 0.413. The lowest BCUT2D eigenvalue weighted by Gasteiger charge is -2.31. The molecule has 3 N–H and O–H groups in total. The molecule has 1 fully saturated rings. The van der Waals surface area contributed by atoms with Crippen molar-refractivity contribution >= 4 is 10.9 Å². The summed E-state index contributed by atoms with van der Waals surface area (Å²) in [6.07, 6.45) is 0.726. The van der Waals surface area contributed by atoms with Crippen molar-refractivity contribution in [3.63, 3.8) is 0 Å². The van der Waals surface area contributed by atoms with Crippen molar-refractivity contribution in [1.29, 1.82) is 0 Å². The molecule has 4 aromatic carbocycles. The van der Waals surface area contributed by atoms with Crippen molar-refractivity contribution < 1.29 is 14.9 Å². The lowest BCUT2D eigenvalue weighted by Crippen LogP contribution is -3.28. The van der Waals surface area contributed by atoms with Crippen LogP contribution in [0.25, 0.3) is 33.3 Å². The van der Waals surface area contributed by atoms with Gasteiger partial charge in [0, 0.05) is 22.9 Å². The van der Waals surface area contributed by atoms with Crippen LogP contribution in [0.5, 0.6) is 0 Å². The van der Waals surface area contributed by atoms with Gasteiger partial charge in [-0.2, -0.15) is 0 Å². The first-order valence-corrected chi connectivity index (χ1v) is 14.8. The zero-order valence-corrected chi connectivity index (χ0v) is 23.5. The molecule has 4 nitrogen and oxygen atoms in total. The summed E-state index contributed by atoms with van der Waals surface area (Å²) >= 11 is 0. The number of aryl methyl sites for hydroxylation is 1. The molecule has 5 aromatic rings. The van der Waals surface area contributed by atoms with E-state index in [2.05, 4.69) is 121 Å². The van der Waals surface area contributed by atoms with Gasteiger partial charge < -0.3 is 19.5 Å². The van der Waals surface area contributed by atoms with Crippen LogP contribution >= 0.6 is 0 Å². The fourth-order valence-corrected chi connectivity index (χ4v) is 6.44. The van der Waals surface area contributed by atoms with Crippen LogP contribution in [0.4, 0.5) is 0 Å². The first-order chi connectivity index (χ1) is 19.7. The fraction of sp³-hybridized carbons (Fsp3) is 0.278. The molecule has 1 saturated heterocycles. The van der Waals surface area contributed by atoms with Crippen molar-refractivity contribution in [3.05, 3.63) is 120 Å². The number of nitrogens with one attached hydrogen (secondary N) is 2. The number of hydrogen-bond donors (Lipinski definition) is 3. The minimum Gasteiger partial charge on any atom is -0.385 e. The molecule has 4 heteroatoms. The molecule has 2 heterocycles. The standard InChI is InChI=1S/C36H39N3O/c1-28-17-18-34-33(25-28)35(30-13-7-3-8-14-30)36(31-15-9-4-10-16-31)39(34)27-32(40)26-38-23-21-37(22-24-38)20-19-29-11-5-2-6-12-29/h2-18,25,32,40H,19-24,26-27H2,1H3/p+2/t32-/m1/s1. The lowest BCUT2D eigenvalue weighted by atomic mass is 9.98. The van der Waals surface area contributed by atoms with Gasteiger partial charge in [0.1, 0.15) is 38.8 Å². The first-order valence-electron chi connectivity index (χ1n) is 14.8. The first kappa shape index (κ1) is 26.5. The number of aliphatic hydroxyl groups excluding tert-OH is 1. The number of aliphatic hydroxyl groups is 1. The number of aromatic nitrogens is 1. The van der Waals surface area contributed by atoms with Gasteiger partial charge in [0.15, 0.2) is 0 Å². The molecule has 6 rings (SSSR count). The molecule has 1 aromatic heterocycles. The van der Waals surface area contributed by atoms with Crippen LogP contribution < -0.4 is 9.80 Å². The molecule has 0 aliphatic carbocycles. The van der Waals surface area contributed by atoms with E-state index in [4.69, 9.17) is 0 Å². The van der Waals surface area contributed by atoms with Crippen LogP contribution in [-0.2, 0) is 13.0 Å². The maximum absolute atomic E-state index is 11.5. The fourth-order valence-electron chi connectivity index (χ4n) is 6.44. The third-order valence-electron chi connectivity index (χ3n) is 8.52. The Kier molecular flexibility index (Phi) is 8.10. The van der Waals surface area contributed by atoms with Gasteiger partial charge in [-0.1, -0.05) is 103 Å². The van der Waals surface area contributed by atoms with Crippen LogP contribution in [0.15, 0.2) is 109 Å². The van der Waals surface area contributed by atoms with E-state index in [1.807, 2.05) is 0 Å². The molecule has 1 aliphatic heterocycles. The van der Waals surface area contributed by atoms with E-state index in [0.717, 1.165) is 26.1 Å².